The molecule has 18 nitrogen and oxygen atoms in total. The number of aliphatic carboxylic acids is 2. The van der Waals surface area contributed by atoms with E-state index in [0.29, 0.717) is 44.3 Å². The molecule has 300 valence electrons. The van der Waals surface area contributed by atoms with Crippen LogP contribution in [0.15, 0.2) is 30.3 Å². The van der Waals surface area contributed by atoms with Gasteiger partial charge in [0, 0.05) is 25.9 Å². The Morgan fingerprint density at radius 3 is 2.04 bits per heavy atom. The van der Waals surface area contributed by atoms with Gasteiger partial charge >= 0.3 is 11.9 Å². The minimum atomic E-state index is -1.60. The molecule has 2 rings (SSSR count). The lowest BCUT2D eigenvalue weighted by molar-refractivity contribution is -0.142. The van der Waals surface area contributed by atoms with Crippen molar-refractivity contribution >= 4 is 47.4 Å². The zero-order valence-electron chi connectivity index (χ0n) is 31.0. The number of primary amides is 1. The number of hydrogen-bond acceptors (Lipinski definition) is 10. The van der Waals surface area contributed by atoms with Crippen molar-refractivity contribution in [2.45, 2.75) is 108 Å². The molecule has 1 aliphatic rings. The number of benzene rings is 1. The first kappa shape index (κ1) is 45.1. The first-order chi connectivity index (χ1) is 25.5. The van der Waals surface area contributed by atoms with E-state index < -0.39 is 89.9 Å². The maximum Gasteiger partial charge on any atom is 0.326 e. The van der Waals surface area contributed by atoms with Crippen LogP contribution in [0.4, 0.5) is 0 Å². The zero-order chi connectivity index (χ0) is 40.4. The number of carbonyl (C=O) groups excluding carboxylic acids is 6. The van der Waals surface area contributed by atoms with Gasteiger partial charge in [-0.3, -0.25) is 33.6 Å². The van der Waals surface area contributed by atoms with E-state index in [2.05, 4.69) is 21.3 Å². The number of nitrogens with zero attached hydrogens (tertiary/aromatic N) is 1. The maximum absolute atomic E-state index is 13.8. The normalized spacial score (nSPS) is 16.9. The van der Waals surface area contributed by atoms with Crippen LogP contribution < -0.4 is 38.5 Å². The molecule has 0 aromatic heterocycles. The van der Waals surface area contributed by atoms with E-state index in [4.69, 9.17) is 17.2 Å². The van der Waals surface area contributed by atoms with Crippen molar-refractivity contribution in [2.24, 2.45) is 29.0 Å². The summed E-state index contributed by atoms with van der Waals surface area (Å²) in [5.41, 5.74) is 17.3. The first-order valence-corrected chi connectivity index (χ1v) is 18.2. The largest absolute Gasteiger partial charge is 0.481 e. The van der Waals surface area contributed by atoms with Crippen LogP contribution in [0, 0.1) is 11.8 Å². The summed E-state index contributed by atoms with van der Waals surface area (Å²) in [5.74, 6) is -7.88. The van der Waals surface area contributed by atoms with Gasteiger partial charge < -0.3 is 53.6 Å². The van der Waals surface area contributed by atoms with Gasteiger partial charge in [-0.2, -0.15) is 0 Å². The Kier molecular flexibility index (Phi) is 19.1. The third-order valence-electron chi connectivity index (χ3n) is 8.95. The molecule has 54 heavy (non-hydrogen) atoms. The molecular weight excluding hydrogens is 704 g/mol. The lowest BCUT2D eigenvalue weighted by atomic mass is 9.95. The van der Waals surface area contributed by atoms with Crippen LogP contribution in [0.25, 0.3) is 0 Å². The highest BCUT2D eigenvalue weighted by molar-refractivity contribution is 5.96. The molecule has 1 saturated heterocycles. The number of unbranched alkanes of at least 4 members (excludes halogenated alkanes) is 1. The third kappa shape index (κ3) is 15.9. The van der Waals surface area contributed by atoms with Crippen molar-refractivity contribution in [3.8, 4) is 0 Å². The number of nitrogens with two attached hydrogens (primary N) is 3. The Balaban J connectivity index is 2.24. The molecule has 6 amide bonds. The molecule has 1 aromatic rings. The van der Waals surface area contributed by atoms with Gasteiger partial charge in [-0.1, -0.05) is 44.2 Å². The monoisotopic (exact) mass is 760 g/mol. The van der Waals surface area contributed by atoms with Gasteiger partial charge in [-0.05, 0) is 63.0 Å². The van der Waals surface area contributed by atoms with Gasteiger partial charge in [0.25, 0.3) is 0 Å². The van der Waals surface area contributed by atoms with Crippen LogP contribution >= 0.6 is 0 Å². The number of nitrogens with one attached hydrogen (secondary N) is 4. The van der Waals surface area contributed by atoms with Crippen molar-refractivity contribution in [3.63, 3.8) is 0 Å². The summed E-state index contributed by atoms with van der Waals surface area (Å²) in [6.45, 7) is 4.18. The van der Waals surface area contributed by atoms with Crippen LogP contribution in [0.2, 0.25) is 0 Å². The second-order valence-electron chi connectivity index (χ2n) is 14.0. The van der Waals surface area contributed by atoms with Crippen molar-refractivity contribution in [1.29, 1.82) is 0 Å². The Labute approximate surface area is 314 Å². The van der Waals surface area contributed by atoms with E-state index in [1.165, 1.54) is 4.90 Å². The Bertz CT molecular complexity index is 1460. The van der Waals surface area contributed by atoms with Crippen molar-refractivity contribution in [1.82, 2.24) is 26.2 Å². The standard InChI is InChI=1S/C36H56N8O10/c1-21(2)17-26(32(49)43-27(18-22-9-4-3-5-10-22)33(50)40-25(36(53)54)12-6-7-15-37)42-34(51)28(19-30(46)47)41-31(48)23-11-8-16-44(20-23)35(52)24(38)13-14-29(39)45/h3-5,9-10,21,23-28H,6-8,11-20,37-38H2,1-2H3,(H2,39,45)(H,40,50)(H,41,48)(H,42,51)(H,43,49)(H,46,47)(H,53,54)/t23-,24+,25+,26+,27+,28+/m1/s1. The highest BCUT2D eigenvalue weighted by atomic mass is 16.4. The Morgan fingerprint density at radius 1 is 0.833 bits per heavy atom. The fourth-order valence-corrected chi connectivity index (χ4v) is 6.05. The second-order valence-corrected chi connectivity index (χ2v) is 14.0. The molecule has 0 radical (unpaired) electrons. The first-order valence-electron chi connectivity index (χ1n) is 18.2. The highest BCUT2D eigenvalue weighted by Gasteiger charge is 2.35. The van der Waals surface area contributed by atoms with Crippen molar-refractivity contribution < 1.29 is 48.6 Å². The van der Waals surface area contributed by atoms with Crippen LogP contribution in [0.3, 0.4) is 0 Å². The van der Waals surface area contributed by atoms with Crippen molar-refractivity contribution in [3.05, 3.63) is 35.9 Å². The van der Waals surface area contributed by atoms with Crippen LogP contribution in [0.1, 0.15) is 77.2 Å². The second kappa shape index (κ2) is 22.9. The van der Waals surface area contributed by atoms with Crippen molar-refractivity contribution in [2.75, 3.05) is 19.6 Å². The summed E-state index contributed by atoms with van der Waals surface area (Å²) in [6.07, 6.45) is 1.07. The Hall–Kier alpha value is -5.10. The van der Waals surface area contributed by atoms with Gasteiger partial charge in [0.15, 0.2) is 0 Å². The predicted molar refractivity (Wildman–Crippen MR) is 196 cm³/mol. The van der Waals surface area contributed by atoms with Gasteiger partial charge in [-0.25, -0.2) is 4.79 Å². The highest BCUT2D eigenvalue weighted by Crippen LogP contribution is 2.19. The number of hydrogen-bond donors (Lipinski definition) is 9. The molecule has 0 saturated carbocycles. The molecule has 6 atom stereocenters. The minimum absolute atomic E-state index is 0.00938. The number of rotatable bonds is 23. The summed E-state index contributed by atoms with van der Waals surface area (Å²) >= 11 is 0. The van der Waals surface area contributed by atoms with Gasteiger partial charge in [0.2, 0.25) is 35.4 Å². The van der Waals surface area contributed by atoms with Gasteiger partial charge in [0.05, 0.1) is 18.4 Å². The molecule has 1 aromatic carbocycles. The summed E-state index contributed by atoms with van der Waals surface area (Å²) in [6, 6.07) is 2.33. The average molecular weight is 761 g/mol. The summed E-state index contributed by atoms with van der Waals surface area (Å²) in [5, 5.41) is 29.5. The lowest BCUT2D eigenvalue weighted by Gasteiger charge is -2.34. The molecule has 0 unspecified atom stereocenters. The van der Waals surface area contributed by atoms with Gasteiger partial charge in [-0.15, -0.1) is 0 Å². The number of carboxylic acid groups (broad SMARTS) is 2. The van der Waals surface area contributed by atoms with Gasteiger partial charge in [0.1, 0.15) is 24.2 Å². The average Bonchev–Trinajstić information content (AvgIpc) is 3.12. The van der Waals surface area contributed by atoms with E-state index in [0.717, 1.165) is 0 Å². The number of likely N-dealkylation sites (tertiary alicyclic amines) is 1. The SMILES string of the molecule is CC(C)C[C@H](NC(=O)[C@H](CC(=O)O)NC(=O)[C@@H]1CCCN(C(=O)[C@@H](N)CCC(N)=O)C1)C(=O)N[C@@H](Cc1ccccc1)C(=O)N[C@@H](CCCCN)C(=O)O. The third-order valence-corrected chi connectivity index (χ3v) is 8.95. The van der Waals surface area contributed by atoms with Crippen LogP contribution in [-0.4, -0.2) is 112 Å². The van der Waals surface area contributed by atoms with E-state index >= 15 is 0 Å². The fraction of sp³-hybridized carbons (Fsp3) is 0.611. The fourth-order valence-electron chi connectivity index (χ4n) is 6.05. The zero-order valence-corrected chi connectivity index (χ0v) is 31.0. The molecule has 1 fully saturated rings. The molecular formula is C36H56N8O10. The molecule has 1 aliphatic heterocycles. The number of carboxylic acids is 2. The molecule has 0 bridgehead atoms. The molecule has 0 aliphatic carbocycles. The summed E-state index contributed by atoms with van der Waals surface area (Å²) in [7, 11) is 0. The van der Waals surface area contributed by atoms with E-state index in [-0.39, 0.29) is 44.6 Å². The van der Waals surface area contributed by atoms with Crippen LogP contribution in [0.5, 0.6) is 0 Å². The smallest absolute Gasteiger partial charge is 0.326 e. The molecule has 12 N–H and O–H groups in total. The van der Waals surface area contributed by atoms with E-state index in [1.807, 2.05) is 0 Å². The molecule has 1 heterocycles. The number of amides is 6. The topological polar surface area (TPSA) is 306 Å². The summed E-state index contributed by atoms with van der Waals surface area (Å²) < 4.78 is 0. The minimum Gasteiger partial charge on any atom is -0.481 e. The molecule has 0 spiro atoms. The predicted octanol–water partition coefficient (Wildman–Crippen LogP) is -1.27. The number of piperidine rings is 1. The maximum atomic E-state index is 13.8. The lowest BCUT2D eigenvalue weighted by Crippen LogP contribution is -2.59. The number of carbonyl (C=O) groups is 8. The quantitative estimate of drug-likeness (QED) is 0.0591. The van der Waals surface area contributed by atoms with E-state index in [9.17, 15) is 48.6 Å². The Morgan fingerprint density at radius 2 is 1.44 bits per heavy atom. The van der Waals surface area contributed by atoms with Crippen LogP contribution in [-0.2, 0) is 44.8 Å². The molecule has 18 heteroatoms. The summed E-state index contributed by atoms with van der Waals surface area (Å²) in [4.78, 5) is 103. The van der Waals surface area contributed by atoms with E-state index in [1.54, 1.807) is 44.2 Å².